The van der Waals surface area contributed by atoms with Crippen molar-refractivity contribution < 1.29 is 9.31 Å². The molecule has 6 heteroatoms. The van der Waals surface area contributed by atoms with Crippen molar-refractivity contribution in [2.24, 2.45) is 0 Å². The van der Waals surface area contributed by atoms with Gasteiger partial charge in [0.2, 0.25) is 0 Å². The maximum absolute atomic E-state index is 6.21. The van der Waals surface area contributed by atoms with Gasteiger partial charge in [-0.3, -0.25) is 0 Å². The molecule has 0 amide bonds. The Morgan fingerprint density at radius 3 is 2.06 bits per heavy atom. The smallest absolute Gasteiger partial charge is 0.399 e. The number of benzene rings is 1. The lowest BCUT2D eigenvalue weighted by atomic mass is 9.79. The normalized spacial score (nSPS) is 15.6. The molecule has 32 heavy (non-hydrogen) atoms. The van der Waals surface area contributed by atoms with Crippen LogP contribution in [0.1, 0.15) is 58.5 Å². The molecular formula is C26H36BN3O2. The summed E-state index contributed by atoms with van der Waals surface area (Å²) in [6, 6.07) is 14.0. The van der Waals surface area contributed by atoms with E-state index in [1.54, 1.807) is 6.33 Å². The SMILES string of the molecule is CC.Cc1cc(B2OC(C)(C)C(C)(C)O2)ccc(C#Cc2ccc(N(C)C)cc2)nc[nH]1. The Labute approximate surface area is 194 Å². The monoisotopic (exact) mass is 433 g/mol. The van der Waals surface area contributed by atoms with Gasteiger partial charge in [-0.15, -0.1) is 0 Å². The number of nitrogens with zero attached hydrogens (tertiary/aromatic N) is 2. The Morgan fingerprint density at radius 1 is 0.906 bits per heavy atom. The van der Waals surface area contributed by atoms with E-state index < -0.39 is 18.3 Å². The predicted molar refractivity (Wildman–Crippen MR) is 135 cm³/mol. The molecule has 1 aromatic heterocycles. The molecular weight excluding hydrogens is 397 g/mol. The van der Waals surface area contributed by atoms with Crippen LogP contribution in [0.15, 0.2) is 48.8 Å². The lowest BCUT2D eigenvalue weighted by Gasteiger charge is -2.32. The second kappa shape index (κ2) is 10.7. The van der Waals surface area contributed by atoms with Gasteiger partial charge < -0.3 is 19.2 Å². The average Bonchev–Trinajstić information content (AvgIpc) is 3.01. The molecule has 2 aromatic rings. The maximum Gasteiger partial charge on any atom is 0.494 e. The summed E-state index contributed by atoms with van der Waals surface area (Å²) in [4.78, 5) is 9.68. The van der Waals surface area contributed by atoms with E-state index in [1.807, 2.05) is 65.2 Å². The van der Waals surface area contributed by atoms with Gasteiger partial charge in [0.15, 0.2) is 0 Å². The van der Waals surface area contributed by atoms with Gasteiger partial charge in [0.1, 0.15) is 5.69 Å². The summed E-state index contributed by atoms with van der Waals surface area (Å²) in [5, 5.41) is 0. The minimum atomic E-state index is -0.450. The molecule has 1 saturated heterocycles. The van der Waals surface area contributed by atoms with Crippen molar-refractivity contribution in [1.82, 2.24) is 9.97 Å². The summed E-state index contributed by atoms with van der Waals surface area (Å²) in [5.41, 5.74) is 3.80. The van der Waals surface area contributed by atoms with Gasteiger partial charge >= 0.3 is 7.12 Å². The third kappa shape index (κ3) is 6.38. The van der Waals surface area contributed by atoms with Gasteiger partial charge in [-0.05, 0) is 82.4 Å². The van der Waals surface area contributed by atoms with Crippen molar-refractivity contribution in [3.05, 3.63) is 65.7 Å². The minimum absolute atomic E-state index is 0.395. The molecule has 1 aromatic carbocycles. The van der Waals surface area contributed by atoms with Gasteiger partial charge in [-0.1, -0.05) is 25.8 Å². The summed E-state index contributed by atoms with van der Waals surface area (Å²) >= 11 is 0. The van der Waals surface area contributed by atoms with E-state index in [-0.39, 0.29) is 0 Å². The summed E-state index contributed by atoms with van der Waals surface area (Å²) in [5.74, 6) is 6.33. The van der Waals surface area contributed by atoms with E-state index in [0.717, 1.165) is 22.4 Å². The van der Waals surface area contributed by atoms with Crippen LogP contribution in [0.25, 0.3) is 0 Å². The van der Waals surface area contributed by atoms with E-state index in [9.17, 15) is 0 Å². The van der Waals surface area contributed by atoms with Crippen LogP contribution in [0.4, 0.5) is 5.69 Å². The molecule has 0 saturated carbocycles. The molecule has 170 valence electrons. The highest BCUT2D eigenvalue weighted by molar-refractivity contribution is 6.62. The molecule has 0 atom stereocenters. The van der Waals surface area contributed by atoms with Gasteiger partial charge in [0.05, 0.1) is 17.5 Å². The number of hydrogen-bond acceptors (Lipinski definition) is 4. The third-order valence-corrected chi connectivity index (χ3v) is 5.56. The molecule has 1 aliphatic rings. The molecule has 1 aliphatic heterocycles. The number of anilines is 1. The number of aromatic nitrogens is 2. The summed E-state index contributed by atoms with van der Waals surface area (Å²) < 4.78 is 12.4. The Morgan fingerprint density at radius 2 is 1.50 bits per heavy atom. The summed E-state index contributed by atoms with van der Waals surface area (Å²) in [6.45, 7) is 14.2. The lowest BCUT2D eigenvalue weighted by Crippen LogP contribution is -2.41. The number of rotatable bonds is 2. The zero-order chi connectivity index (χ0) is 23.9. The van der Waals surface area contributed by atoms with Crippen LogP contribution in [0.5, 0.6) is 0 Å². The quantitative estimate of drug-likeness (QED) is 0.554. The molecule has 0 unspecified atom stereocenters. The highest BCUT2D eigenvalue weighted by atomic mass is 16.7. The van der Waals surface area contributed by atoms with Crippen LogP contribution in [0.2, 0.25) is 0 Å². The van der Waals surface area contributed by atoms with Gasteiger partial charge in [0.25, 0.3) is 0 Å². The number of nitrogens with one attached hydrogen (secondary N) is 1. The van der Waals surface area contributed by atoms with E-state index in [2.05, 4.69) is 66.5 Å². The molecule has 0 aliphatic carbocycles. The molecule has 1 fully saturated rings. The Bertz CT molecular complexity index is 997. The predicted octanol–water partition coefficient (Wildman–Crippen LogP) is 4.63. The van der Waals surface area contributed by atoms with Crippen molar-refractivity contribution in [3.8, 4) is 11.8 Å². The van der Waals surface area contributed by atoms with Crippen molar-refractivity contribution in [1.29, 1.82) is 0 Å². The van der Waals surface area contributed by atoms with Crippen LogP contribution in [0, 0.1) is 18.8 Å². The molecule has 5 nitrogen and oxygen atoms in total. The molecule has 0 spiro atoms. The standard InChI is InChI=1S/C24H30BN3O2.C2H6/c1-18-16-20(25-29-23(2,3)24(4,5)30-25)11-13-21(27-17-26-18)12-8-19-9-14-22(15-10-19)28(6)7;1-2/h9-11,13-17H,1-7H3,(H,26,27);1-2H3. The largest absolute Gasteiger partial charge is 0.494 e. The van der Waals surface area contributed by atoms with Crippen LogP contribution in [-0.4, -0.2) is 42.4 Å². The number of hydrogen-bond donors (Lipinski definition) is 1. The fraction of sp³-hybridized carbons (Fsp3) is 0.423. The fourth-order valence-corrected chi connectivity index (χ4v) is 2.94. The van der Waals surface area contributed by atoms with Crippen molar-refractivity contribution in [2.75, 3.05) is 19.0 Å². The van der Waals surface area contributed by atoms with Crippen LogP contribution in [0.3, 0.4) is 0 Å². The second-order valence-corrected chi connectivity index (χ2v) is 8.73. The lowest BCUT2D eigenvalue weighted by molar-refractivity contribution is 0.00578. The zero-order valence-corrected chi connectivity index (χ0v) is 20.9. The minimum Gasteiger partial charge on any atom is -0.399 e. The number of H-pyrrole nitrogens is 1. The Hall–Kier alpha value is -2.75. The average molecular weight is 433 g/mol. The van der Waals surface area contributed by atoms with Crippen molar-refractivity contribution in [3.63, 3.8) is 0 Å². The van der Waals surface area contributed by atoms with E-state index in [1.165, 1.54) is 0 Å². The molecule has 0 radical (unpaired) electrons. The summed E-state index contributed by atoms with van der Waals surface area (Å²) in [6.07, 6.45) is 1.66. The number of aryl methyl sites for hydroxylation is 1. The molecule has 3 rings (SSSR count). The molecule has 2 heterocycles. The first-order valence-corrected chi connectivity index (χ1v) is 11.1. The second-order valence-electron chi connectivity index (χ2n) is 8.73. The highest BCUT2D eigenvalue weighted by Crippen LogP contribution is 2.36. The van der Waals surface area contributed by atoms with E-state index in [0.29, 0.717) is 5.69 Å². The maximum atomic E-state index is 6.21. The Balaban J connectivity index is 0.00000176. The third-order valence-electron chi connectivity index (χ3n) is 5.56. The first-order chi connectivity index (χ1) is 15.1. The van der Waals surface area contributed by atoms with Crippen LogP contribution >= 0.6 is 0 Å². The van der Waals surface area contributed by atoms with Gasteiger partial charge in [-0.25, -0.2) is 4.98 Å². The van der Waals surface area contributed by atoms with E-state index in [4.69, 9.17) is 9.31 Å². The van der Waals surface area contributed by atoms with Crippen LogP contribution < -0.4 is 10.4 Å². The van der Waals surface area contributed by atoms with Crippen molar-refractivity contribution in [2.45, 2.75) is 59.7 Å². The van der Waals surface area contributed by atoms with Crippen LogP contribution in [-0.2, 0) is 9.31 Å². The molecule has 0 bridgehead atoms. The topological polar surface area (TPSA) is 50.4 Å². The molecule has 1 N–H and O–H groups in total. The Kier molecular flexibility index (Phi) is 8.54. The fourth-order valence-electron chi connectivity index (χ4n) is 2.94. The summed E-state index contributed by atoms with van der Waals surface area (Å²) in [7, 11) is 3.59. The zero-order valence-electron chi connectivity index (χ0n) is 20.9. The first kappa shape index (κ1) is 25.5. The van der Waals surface area contributed by atoms with E-state index >= 15 is 0 Å². The van der Waals surface area contributed by atoms with Gasteiger partial charge in [0, 0.05) is 31.0 Å². The van der Waals surface area contributed by atoms with Crippen molar-refractivity contribution >= 4 is 18.3 Å². The highest BCUT2D eigenvalue weighted by Gasteiger charge is 2.51. The van der Waals surface area contributed by atoms with Gasteiger partial charge in [-0.2, -0.15) is 0 Å². The first-order valence-electron chi connectivity index (χ1n) is 11.1. The number of aromatic amines is 1.